The molecule has 0 N–H and O–H groups in total. The van der Waals surface area contributed by atoms with Crippen molar-refractivity contribution in [3.8, 4) is 11.1 Å². The van der Waals surface area contributed by atoms with Gasteiger partial charge in [-0.25, -0.2) is 0 Å². The van der Waals surface area contributed by atoms with E-state index in [1.54, 1.807) is 0 Å². The fourth-order valence-corrected chi connectivity index (χ4v) is 3.35. The molecule has 0 heterocycles. The van der Waals surface area contributed by atoms with Crippen LogP contribution in [-0.2, 0) is 0 Å². The van der Waals surface area contributed by atoms with Crippen LogP contribution in [0.1, 0.15) is 0 Å². The fourth-order valence-electron chi connectivity index (χ4n) is 1.54. The SMILES string of the molecule is Cl[13c]1[13cH][13c](-[13c]2[13cH][13c](Cl)[13c](Cl)[13c](Cl)[13c]2Cl)[13c](Cl)[13c](Cl)[13c]1Cl. The van der Waals surface area contributed by atoms with Crippen LogP contribution in [0, 0.1) is 0 Å². The van der Waals surface area contributed by atoms with Gasteiger partial charge in [0.15, 0.2) is 0 Å². The van der Waals surface area contributed by atoms with E-state index in [1.807, 2.05) is 0 Å². The van der Waals surface area contributed by atoms with Crippen molar-refractivity contribution in [2.24, 2.45) is 0 Å². The van der Waals surface area contributed by atoms with Crippen LogP contribution in [0.25, 0.3) is 11.1 Å². The highest BCUT2D eigenvalue weighted by Crippen LogP contribution is 2.48. The molecule has 0 aromatic heterocycles. The summed E-state index contributed by atoms with van der Waals surface area (Å²) in [5.41, 5.74) is 0.910. The molecule has 20 heavy (non-hydrogen) atoms. The van der Waals surface area contributed by atoms with Gasteiger partial charge in [-0.05, 0) is 12.1 Å². The highest BCUT2D eigenvalue weighted by atomic mass is 35.5. The average molecular weight is 442 g/mol. The predicted octanol–water partition coefficient (Wildman–Crippen LogP) is 8.58. The first-order chi connectivity index (χ1) is 9.25. The summed E-state index contributed by atoms with van der Waals surface area (Å²) in [5, 5.41) is 1.40. The first-order valence-corrected chi connectivity index (χ1v) is 7.94. The second kappa shape index (κ2) is 6.48. The van der Waals surface area contributed by atoms with Crippen LogP contribution in [0.2, 0.25) is 40.2 Å². The van der Waals surface area contributed by atoms with Crippen molar-refractivity contribution in [1.82, 2.24) is 0 Å². The molecule has 0 saturated carbocycles. The van der Waals surface area contributed by atoms with Crippen LogP contribution in [0.3, 0.4) is 0 Å². The van der Waals surface area contributed by atoms with E-state index in [9.17, 15) is 0 Å². The summed E-state index contributed by atoms with van der Waals surface area (Å²) in [5.74, 6) is 0. The summed E-state index contributed by atoms with van der Waals surface area (Å²) < 4.78 is 0. The Morgan fingerprint density at radius 1 is 0.400 bits per heavy atom. The van der Waals surface area contributed by atoms with Crippen molar-refractivity contribution in [1.29, 1.82) is 0 Å². The first kappa shape index (κ1) is 17.1. The summed E-state index contributed by atoms with van der Waals surface area (Å²) in [6, 6.07) is 3.06. The largest absolute Gasteiger partial charge is 0.0826 e. The first-order valence-electron chi connectivity index (χ1n) is 4.92. The van der Waals surface area contributed by atoms with Crippen LogP contribution in [0.15, 0.2) is 12.1 Å². The molecule has 0 fully saturated rings. The van der Waals surface area contributed by atoms with E-state index in [4.69, 9.17) is 92.8 Å². The van der Waals surface area contributed by atoms with Crippen molar-refractivity contribution >= 4 is 92.8 Å². The zero-order valence-corrected chi connectivity index (χ0v) is 15.2. The van der Waals surface area contributed by atoms with Crippen LogP contribution >= 0.6 is 92.8 Å². The third-order valence-electron chi connectivity index (χ3n) is 2.50. The van der Waals surface area contributed by atoms with Gasteiger partial charge in [-0.1, -0.05) is 92.8 Å². The topological polar surface area (TPSA) is 0 Å². The maximum atomic E-state index is 6.17. The maximum Gasteiger partial charge on any atom is 0.0800 e. The molecule has 0 saturated heterocycles. The molecule has 0 aliphatic carbocycles. The molecule has 0 unspecified atom stereocenters. The second-order valence-electron chi connectivity index (χ2n) is 3.70. The van der Waals surface area contributed by atoms with Gasteiger partial charge in [0.2, 0.25) is 0 Å². The lowest BCUT2D eigenvalue weighted by atomic mass is 11.0. The number of hydrogen-bond donors (Lipinski definition) is 0. The van der Waals surface area contributed by atoms with Gasteiger partial charge < -0.3 is 0 Å². The predicted molar refractivity (Wildman–Crippen MR) is 92.0 cm³/mol. The minimum atomic E-state index is 0.120. The number of hydrogen-bond acceptors (Lipinski definition) is 0. The molecule has 0 amide bonds. The second-order valence-corrected chi connectivity index (χ2v) is 6.78. The Bertz CT molecular complexity index is 646. The zero-order chi connectivity index (χ0) is 15.2. The van der Waals surface area contributed by atoms with Gasteiger partial charge in [0.25, 0.3) is 0 Å². The monoisotopic (exact) mass is 438 g/mol. The van der Waals surface area contributed by atoms with Gasteiger partial charge in [0.05, 0.1) is 40.2 Å². The number of benzene rings is 2. The fraction of sp³-hybridized carbons (Fsp3) is 0. The molecular formula is C12H2Cl8. The van der Waals surface area contributed by atoms with E-state index < -0.39 is 0 Å². The molecule has 8 heteroatoms. The van der Waals surface area contributed by atoms with Crippen LogP contribution in [0.4, 0.5) is 0 Å². The van der Waals surface area contributed by atoms with Crippen molar-refractivity contribution in [2.45, 2.75) is 0 Å². The van der Waals surface area contributed by atoms with Gasteiger partial charge in [-0.2, -0.15) is 0 Å². The van der Waals surface area contributed by atoms with Gasteiger partial charge >= 0.3 is 0 Å². The maximum absolute atomic E-state index is 6.17. The van der Waals surface area contributed by atoms with E-state index in [-0.39, 0.29) is 40.2 Å². The number of rotatable bonds is 1. The van der Waals surface area contributed by atoms with Crippen LogP contribution < -0.4 is 0 Å². The molecule has 0 atom stereocenters. The smallest absolute Gasteiger partial charge is 0.0800 e. The van der Waals surface area contributed by atoms with Gasteiger partial charge in [-0.3, -0.25) is 0 Å². The van der Waals surface area contributed by atoms with Crippen molar-refractivity contribution in [3.63, 3.8) is 0 Å². The van der Waals surface area contributed by atoms with E-state index in [1.165, 1.54) is 12.1 Å². The van der Waals surface area contributed by atoms with Crippen molar-refractivity contribution < 1.29 is 0 Å². The highest BCUT2D eigenvalue weighted by molar-refractivity contribution is 6.54. The minimum Gasteiger partial charge on any atom is -0.0826 e. The van der Waals surface area contributed by atoms with Gasteiger partial charge in [0.1, 0.15) is 0 Å². The molecule has 0 spiro atoms. The molecule has 0 aliphatic heterocycles. The molecule has 2 rings (SSSR count). The highest BCUT2D eigenvalue weighted by Gasteiger charge is 2.20. The Morgan fingerprint density at radius 2 is 0.700 bits per heavy atom. The molecule has 0 nitrogen and oxygen atoms in total. The minimum absolute atomic E-state index is 0.120. The average Bonchev–Trinajstić information content (AvgIpc) is 2.42. The zero-order valence-electron chi connectivity index (χ0n) is 9.18. The quantitative estimate of drug-likeness (QED) is 0.307. The third-order valence-corrected chi connectivity index (χ3v) is 6.00. The Hall–Kier alpha value is 0.760. The van der Waals surface area contributed by atoms with E-state index in [0.29, 0.717) is 11.1 Å². The van der Waals surface area contributed by atoms with Crippen molar-refractivity contribution in [2.75, 3.05) is 0 Å². The lowest BCUT2D eigenvalue weighted by Gasteiger charge is -2.13. The van der Waals surface area contributed by atoms with Crippen LogP contribution in [0.5, 0.6) is 0 Å². The van der Waals surface area contributed by atoms with E-state index >= 15 is 0 Å². The van der Waals surface area contributed by atoms with Gasteiger partial charge in [0, 0.05) is 11.1 Å². The Kier molecular flexibility index (Phi) is 5.55. The van der Waals surface area contributed by atoms with E-state index in [2.05, 4.69) is 0 Å². The Balaban J connectivity index is 2.83. The Labute approximate surface area is 155 Å². The van der Waals surface area contributed by atoms with Crippen LogP contribution in [-0.4, -0.2) is 0 Å². The summed E-state index contributed by atoms with van der Waals surface area (Å²) in [4.78, 5) is 0. The van der Waals surface area contributed by atoms with Gasteiger partial charge in [-0.15, -0.1) is 0 Å². The summed E-state index contributed by atoms with van der Waals surface area (Å²) >= 11 is 48.2. The van der Waals surface area contributed by atoms with Crippen molar-refractivity contribution in [3.05, 3.63) is 52.3 Å². The summed E-state index contributed by atoms with van der Waals surface area (Å²) in [7, 11) is 0. The summed E-state index contributed by atoms with van der Waals surface area (Å²) in [6.07, 6.45) is 0. The standard InChI is InChI=1S/C12H2Cl8/c13-5-1-3(7(15)11(19)9(5)17)4-2-6(14)10(18)12(20)8(4)16/h1-2H/i1+1,2+1,3+1,4+1,5+1,6+1,7+1,8+1,9+1,10+1,11+1,12+1. The molecule has 2 aromatic rings. The molecule has 0 bridgehead atoms. The lowest BCUT2D eigenvalue weighted by Crippen LogP contribution is -1.87. The molecular weight excluding hydrogens is 440 g/mol. The molecule has 0 radical (unpaired) electrons. The number of halogens is 8. The Morgan fingerprint density at radius 3 is 1.00 bits per heavy atom. The molecule has 2 aromatic carbocycles. The lowest BCUT2D eigenvalue weighted by molar-refractivity contribution is 1.61. The normalized spacial score (nSPS) is 11.0. The van der Waals surface area contributed by atoms with E-state index in [0.717, 1.165) is 0 Å². The molecule has 0 aliphatic rings. The molecule has 106 valence electrons. The summed E-state index contributed by atoms with van der Waals surface area (Å²) in [6.45, 7) is 0. The third kappa shape index (κ3) is 2.95.